The second kappa shape index (κ2) is 11.3. The number of carboxylic acid groups (broad SMARTS) is 1. The molecule has 1 fully saturated rings. The first-order valence-electron chi connectivity index (χ1n) is 10.9. The van der Waals surface area contributed by atoms with Crippen LogP contribution in [0.25, 0.3) is 11.4 Å². The van der Waals surface area contributed by atoms with E-state index in [-0.39, 0.29) is 18.2 Å². The van der Waals surface area contributed by atoms with Crippen LogP contribution in [0.1, 0.15) is 54.8 Å². The van der Waals surface area contributed by atoms with Crippen molar-refractivity contribution in [2.75, 3.05) is 25.4 Å². The summed E-state index contributed by atoms with van der Waals surface area (Å²) in [5.41, 5.74) is 0.974. The van der Waals surface area contributed by atoms with Crippen molar-refractivity contribution in [3.05, 3.63) is 35.7 Å². The van der Waals surface area contributed by atoms with Gasteiger partial charge in [-0.05, 0) is 44.5 Å². The summed E-state index contributed by atoms with van der Waals surface area (Å²) in [4.78, 5) is 28.3. The van der Waals surface area contributed by atoms with E-state index < -0.39 is 27.9 Å². The highest BCUT2D eigenvalue weighted by Crippen LogP contribution is 2.26. The standard InChI is InChI=1S/C21H29N5O6S/c1-2-3-12-33(30,31)26-17(21(28)29)13-23-19(27)15-6-4-14(5-7-15)18-24-20(32-25-18)16-8-10-22-11-9-16/h4-7,16-17,22,26H,2-3,8-13H2,1H3,(H,23,27)(H,28,29)/t17-/m0/s1. The Bertz CT molecular complexity index is 1050. The van der Waals surface area contributed by atoms with Gasteiger partial charge in [-0.3, -0.25) is 9.59 Å². The van der Waals surface area contributed by atoms with Crippen LogP contribution >= 0.6 is 0 Å². The molecule has 12 heteroatoms. The van der Waals surface area contributed by atoms with Gasteiger partial charge in [-0.15, -0.1) is 0 Å². The minimum atomic E-state index is -3.75. The Hall–Kier alpha value is -2.83. The zero-order valence-corrected chi connectivity index (χ0v) is 19.2. The van der Waals surface area contributed by atoms with Gasteiger partial charge in [0.05, 0.1) is 5.75 Å². The Balaban J connectivity index is 1.58. The predicted molar refractivity (Wildman–Crippen MR) is 120 cm³/mol. The molecule has 180 valence electrons. The number of amides is 1. The fourth-order valence-corrected chi connectivity index (χ4v) is 4.85. The number of sulfonamides is 1. The van der Waals surface area contributed by atoms with Gasteiger partial charge < -0.3 is 20.3 Å². The van der Waals surface area contributed by atoms with Crippen molar-refractivity contribution in [3.63, 3.8) is 0 Å². The number of piperidine rings is 1. The SMILES string of the molecule is CCCCS(=O)(=O)N[C@@H](CNC(=O)c1ccc(-c2noc(C3CCNCC3)n2)cc1)C(=O)O. The monoisotopic (exact) mass is 479 g/mol. The maximum Gasteiger partial charge on any atom is 0.323 e. The van der Waals surface area contributed by atoms with Gasteiger partial charge in [-0.25, -0.2) is 8.42 Å². The van der Waals surface area contributed by atoms with Crippen molar-refractivity contribution >= 4 is 21.9 Å². The van der Waals surface area contributed by atoms with Gasteiger partial charge in [0, 0.05) is 23.6 Å². The van der Waals surface area contributed by atoms with E-state index in [4.69, 9.17) is 4.52 Å². The summed E-state index contributed by atoms with van der Waals surface area (Å²) in [5.74, 6) is -0.786. The molecule has 0 aliphatic carbocycles. The molecule has 0 saturated carbocycles. The molecule has 1 amide bonds. The van der Waals surface area contributed by atoms with Crippen molar-refractivity contribution in [2.45, 2.75) is 44.6 Å². The topological polar surface area (TPSA) is 164 Å². The summed E-state index contributed by atoms with van der Waals surface area (Å²) >= 11 is 0. The molecule has 1 aromatic heterocycles. The molecule has 1 atom stereocenters. The normalized spacial score (nSPS) is 15.8. The third kappa shape index (κ3) is 7.07. The molecule has 0 unspecified atom stereocenters. The van der Waals surface area contributed by atoms with Crippen LogP contribution in [0.15, 0.2) is 28.8 Å². The van der Waals surface area contributed by atoms with Crippen molar-refractivity contribution in [1.29, 1.82) is 0 Å². The van der Waals surface area contributed by atoms with E-state index in [1.165, 1.54) is 0 Å². The van der Waals surface area contributed by atoms with E-state index in [2.05, 4.69) is 25.5 Å². The van der Waals surface area contributed by atoms with E-state index in [1.54, 1.807) is 24.3 Å². The first kappa shape index (κ1) is 24.8. The summed E-state index contributed by atoms with van der Waals surface area (Å²) < 4.78 is 31.5. The molecule has 1 aromatic carbocycles. The van der Waals surface area contributed by atoms with Gasteiger partial charge in [0.15, 0.2) is 0 Å². The van der Waals surface area contributed by atoms with Crippen LogP contribution in [0.4, 0.5) is 0 Å². The molecule has 1 aliphatic heterocycles. The Morgan fingerprint density at radius 2 is 1.94 bits per heavy atom. The van der Waals surface area contributed by atoms with E-state index in [0.717, 1.165) is 25.9 Å². The van der Waals surface area contributed by atoms with Crippen LogP contribution < -0.4 is 15.4 Å². The Morgan fingerprint density at radius 1 is 1.24 bits per heavy atom. The number of benzene rings is 1. The van der Waals surface area contributed by atoms with Gasteiger partial charge >= 0.3 is 5.97 Å². The molecule has 2 aromatic rings. The van der Waals surface area contributed by atoms with Crippen LogP contribution in [0.3, 0.4) is 0 Å². The highest BCUT2D eigenvalue weighted by atomic mass is 32.2. The molecular formula is C21H29N5O6S. The summed E-state index contributed by atoms with van der Waals surface area (Å²) in [7, 11) is -3.75. The van der Waals surface area contributed by atoms with Crippen LogP contribution in [0, 0.1) is 0 Å². The smallest absolute Gasteiger partial charge is 0.323 e. The van der Waals surface area contributed by atoms with Crippen LogP contribution in [0.5, 0.6) is 0 Å². The lowest BCUT2D eigenvalue weighted by molar-refractivity contribution is -0.138. The summed E-state index contributed by atoms with van der Waals surface area (Å²) in [5, 5.41) is 19.1. The minimum absolute atomic E-state index is 0.169. The molecule has 1 aliphatic rings. The predicted octanol–water partition coefficient (Wildman–Crippen LogP) is 1.11. The second-order valence-electron chi connectivity index (χ2n) is 7.95. The number of aliphatic carboxylic acids is 1. The number of aromatic nitrogens is 2. The Labute approximate surface area is 192 Å². The molecule has 0 bridgehead atoms. The number of hydrogen-bond donors (Lipinski definition) is 4. The lowest BCUT2D eigenvalue weighted by Crippen LogP contribution is -2.48. The zero-order valence-electron chi connectivity index (χ0n) is 18.4. The van der Waals surface area contributed by atoms with E-state index in [1.807, 2.05) is 6.92 Å². The number of nitrogens with one attached hydrogen (secondary N) is 3. The summed E-state index contributed by atoms with van der Waals surface area (Å²) in [6.07, 6.45) is 2.95. The number of nitrogens with zero attached hydrogens (tertiary/aromatic N) is 2. The molecule has 1 saturated heterocycles. The molecule has 2 heterocycles. The molecule has 3 rings (SSSR count). The van der Waals surface area contributed by atoms with E-state index in [9.17, 15) is 23.1 Å². The molecule has 33 heavy (non-hydrogen) atoms. The van der Waals surface area contributed by atoms with Crippen LogP contribution in [0.2, 0.25) is 0 Å². The summed E-state index contributed by atoms with van der Waals surface area (Å²) in [6.45, 7) is 3.28. The van der Waals surface area contributed by atoms with Crippen LogP contribution in [-0.4, -0.2) is 67.0 Å². The Kier molecular flexibility index (Phi) is 8.53. The maximum atomic E-state index is 12.4. The number of rotatable bonds is 11. The van der Waals surface area contributed by atoms with Crippen LogP contribution in [-0.2, 0) is 14.8 Å². The number of carboxylic acids is 1. The van der Waals surface area contributed by atoms with Gasteiger partial charge in [0.25, 0.3) is 5.91 Å². The van der Waals surface area contributed by atoms with Gasteiger partial charge in [0.1, 0.15) is 6.04 Å². The molecule has 11 nitrogen and oxygen atoms in total. The highest BCUT2D eigenvalue weighted by molar-refractivity contribution is 7.89. The molecule has 4 N–H and O–H groups in total. The second-order valence-corrected chi connectivity index (χ2v) is 9.82. The lowest BCUT2D eigenvalue weighted by Gasteiger charge is -2.18. The van der Waals surface area contributed by atoms with Gasteiger partial charge in [0.2, 0.25) is 21.7 Å². The van der Waals surface area contributed by atoms with Crippen molar-refractivity contribution < 1.29 is 27.6 Å². The van der Waals surface area contributed by atoms with Gasteiger partial charge in [-0.1, -0.05) is 30.6 Å². The first-order chi connectivity index (χ1) is 15.8. The molecular weight excluding hydrogens is 450 g/mol. The third-order valence-corrected chi connectivity index (χ3v) is 6.86. The number of unbranched alkanes of at least 4 members (excludes halogenated alkanes) is 1. The first-order valence-corrected chi connectivity index (χ1v) is 12.6. The van der Waals surface area contributed by atoms with Gasteiger partial charge in [-0.2, -0.15) is 9.71 Å². The number of carbonyl (C=O) groups excluding carboxylic acids is 1. The molecule has 0 spiro atoms. The zero-order chi connectivity index (χ0) is 23.8. The quantitative estimate of drug-likeness (QED) is 0.369. The highest BCUT2D eigenvalue weighted by Gasteiger charge is 2.25. The maximum absolute atomic E-state index is 12.4. The molecule has 0 radical (unpaired) electrons. The summed E-state index contributed by atoms with van der Waals surface area (Å²) in [6, 6.07) is 5.02. The fraction of sp³-hybridized carbons (Fsp3) is 0.524. The fourth-order valence-electron chi connectivity index (χ4n) is 3.44. The van der Waals surface area contributed by atoms with Crippen molar-refractivity contribution in [3.8, 4) is 11.4 Å². The third-order valence-electron chi connectivity index (χ3n) is 5.39. The lowest BCUT2D eigenvalue weighted by atomic mass is 9.98. The average Bonchev–Trinajstić information content (AvgIpc) is 3.31. The minimum Gasteiger partial charge on any atom is -0.480 e. The van der Waals surface area contributed by atoms with Crippen molar-refractivity contribution in [1.82, 2.24) is 25.5 Å². The largest absolute Gasteiger partial charge is 0.480 e. The average molecular weight is 480 g/mol. The number of carbonyl (C=O) groups is 2. The van der Waals surface area contributed by atoms with E-state index in [0.29, 0.717) is 35.7 Å². The number of hydrogen-bond acceptors (Lipinski definition) is 8. The van der Waals surface area contributed by atoms with Crippen molar-refractivity contribution in [2.24, 2.45) is 0 Å². The van der Waals surface area contributed by atoms with E-state index >= 15 is 0 Å². The Morgan fingerprint density at radius 3 is 2.58 bits per heavy atom.